The van der Waals surface area contributed by atoms with Gasteiger partial charge in [0.1, 0.15) is 0 Å². The van der Waals surface area contributed by atoms with Gasteiger partial charge in [-0.05, 0) is 18.2 Å². The van der Waals surface area contributed by atoms with Gasteiger partial charge in [0.25, 0.3) is 5.69 Å². The first-order valence-electron chi connectivity index (χ1n) is 5.99. The molecule has 0 atom stereocenters. The third kappa shape index (κ3) is 2.56. The molecule has 0 aliphatic rings. The Morgan fingerprint density at radius 2 is 1.85 bits per heavy atom. The van der Waals surface area contributed by atoms with Gasteiger partial charge in [-0.15, -0.1) is 0 Å². The number of nitro benzene ring substituents is 1. The van der Waals surface area contributed by atoms with Crippen molar-refractivity contribution in [1.82, 2.24) is 4.98 Å². The molecule has 7 heteroatoms. The van der Waals surface area contributed by atoms with E-state index >= 15 is 0 Å². The lowest BCUT2D eigenvalue weighted by molar-refractivity contribution is -0.560. The number of non-ortho nitro benzene ring substituents is 1. The number of nitro groups is 2. The smallest absolute Gasteiger partial charge is 0.264 e. The molecular formula is C13H13N3O4. The van der Waals surface area contributed by atoms with Crippen molar-refractivity contribution in [3.63, 3.8) is 0 Å². The van der Waals surface area contributed by atoms with E-state index in [2.05, 4.69) is 4.98 Å². The summed E-state index contributed by atoms with van der Waals surface area (Å²) in [6.45, 7) is 3.04. The summed E-state index contributed by atoms with van der Waals surface area (Å²) in [5.74, 6) is 0. The molecule has 0 fully saturated rings. The Morgan fingerprint density at radius 3 is 2.45 bits per heavy atom. The van der Waals surface area contributed by atoms with Crippen molar-refractivity contribution in [2.24, 2.45) is 0 Å². The molecule has 2 rings (SSSR count). The molecule has 0 saturated carbocycles. The third-order valence-corrected chi connectivity index (χ3v) is 3.07. The number of nitrogens with zero attached hydrogens (tertiary/aromatic N) is 3. The van der Waals surface area contributed by atoms with Crippen LogP contribution in [0.3, 0.4) is 0 Å². The molecule has 0 aliphatic carbocycles. The minimum Gasteiger partial charge on any atom is -0.264 e. The zero-order valence-electron chi connectivity index (χ0n) is 11.1. The van der Waals surface area contributed by atoms with Gasteiger partial charge in [0.2, 0.25) is 5.54 Å². The molecule has 0 aliphatic heterocycles. The zero-order chi connectivity index (χ0) is 14.9. The van der Waals surface area contributed by atoms with Gasteiger partial charge in [-0.3, -0.25) is 25.2 Å². The lowest BCUT2D eigenvalue weighted by Crippen LogP contribution is -2.33. The maximum absolute atomic E-state index is 10.9. The summed E-state index contributed by atoms with van der Waals surface area (Å²) in [5, 5.41) is 22.3. The maximum atomic E-state index is 10.9. The second kappa shape index (κ2) is 4.84. The van der Waals surface area contributed by atoms with Crippen LogP contribution in [-0.2, 0) is 6.42 Å². The first-order chi connectivity index (χ1) is 9.31. The molecule has 0 bridgehead atoms. The quantitative estimate of drug-likeness (QED) is 0.631. The van der Waals surface area contributed by atoms with Crippen LogP contribution in [0.1, 0.15) is 19.5 Å². The van der Waals surface area contributed by atoms with Crippen LogP contribution in [0.25, 0.3) is 10.9 Å². The molecule has 7 nitrogen and oxygen atoms in total. The Hall–Kier alpha value is -2.57. The van der Waals surface area contributed by atoms with Crippen LogP contribution in [0.15, 0.2) is 30.3 Å². The number of fused-ring (bicyclic) bond motifs is 1. The van der Waals surface area contributed by atoms with Gasteiger partial charge in [-0.2, -0.15) is 0 Å². The highest BCUT2D eigenvalue weighted by atomic mass is 16.6. The lowest BCUT2D eigenvalue weighted by Gasteiger charge is -2.15. The number of benzene rings is 1. The van der Waals surface area contributed by atoms with E-state index in [4.69, 9.17) is 0 Å². The highest BCUT2D eigenvalue weighted by Crippen LogP contribution is 2.25. The molecule has 2 aromatic rings. The van der Waals surface area contributed by atoms with E-state index in [1.807, 2.05) is 0 Å². The van der Waals surface area contributed by atoms with Crippen molar-refractivity contribution in [2.75, 3.05) is 0 Å². The Balaban J connectivity index is 2.45. The van der Waals surface area contributed by atoms with Gasteiger partial charge in [-0.1, -0.05) is 6.07 Å². The van der Waals surface area contributed by atoms with E-state index in [-0.39, 0.29) is 17.0 Å². The highest BCUT2D eigenvalue weighted by molar-refractivity contribution is 5.87. The SMILES string of the molecule is CC(C)(Cc1ccc2c([N+](=O)[O-])cccc2n1)[N+](=O)[O-]. The molecule has 0 spiro atoms. The number of pyridine rings is 1. The Labute approximate surface area is 114 Å². The van der Waals surface area contributed by atoms with E-state index in [0.29, 0.717) is 16.6 Å². The number of hydrogen-bond donors (Lipinski definition) is 0. The minimum absolute atomic E-state index is 0.0184. The van der Waals surface area contributed by atoms with E-state index in [1.165, 1.54) is 19.9 Å². The zero-order valence-corrected chi connectivity index (χ0v) is 11.1. The Bertz CT molecular complexity index is 697. The van der Waals surface area contributed by atoms with Crippen molar-refractivity contribution < 1.29 is 9.85 Å². The van der Waals surface area contributed by atoms with Gasteiger partial charge >= 0.3 is 0 Å². The van der Waals surface area contributed by atoms with Crippen molar-refractivity contribution in [3.8, 4) is 0 Å². The highest BCUT2D eigenvalue weighted by Gasteiger charge is 2.31. The molecule has 0 unspecified atom stereocenters. The average molecular weight is 275 g/mol. The summed E-state index contributed by atoms with van der Waals surface area (Å²) in [4.78, 5) is 25.3. The molecule has 1 heterocycles. The molecule has 1 aromatic carbocycles. The summed E-state index contributed by atoms with van der Waals surface area (Å²) in [6.07, 6.45) is 0.165. The Kier molecular flexibility index (Phi) is 3.35. The van der Waals surface area contributed by atoms with Crippen LogP contribution in [0.4, 0.5) is 5.69 Å². The Morgan fingerprint density at radius 1 is 1.15 bits per heavy atom. The molecule has 0 amide bonds. The van der Waals surface area contributed by atoms with E-state index in [0.717, 1.165) is 0 Å². The molecular weight excluding hydrogens is 262 g/mol. The van der Waals surface area contributed by atoms with Gasteiger partial charge in [0, 0.05) is 30.5 Å². The summed E-state index contributed by atoms with van der Waals surface area (Å²) >= 11 is 0. The lowest BCUT2D eigenvalue weighted by atomic mass is 9.98. The summed E-state index contributed by atoms with van der Waals surface area (Å²) < 4.78 is 0. The standard InChI is InChI=1S/C13H13N3O4/c1-13(2,16(19)20)8-9-6-7-10-11(14-9)4-3-5-12(10)15(17)18/h3-7H,8H2,1-2H3. The normalized spacial score (nSPS) is 11.5. The molecule has 0 N–H and O–H groups in total. The van der Waals surface area contributed by atoms with E-state index < -0.39 is 10.5 Å². The fraction of sp³-hybridized carbons (Fsp3) is 0.308. The largest absolute Gasteiger partial charge is 0.278 e. The molecule has 20 heavy (non-hydrogen) atoms. The fourth-order valence-corrected chi connectivity index (χ4v) is 1.95. The number of aromatic nitrogens is 1. The minimum atomic E-state index is -1.12. The van der Waals surface area contributed by atoms with E-state index in [1.54, 1.807) is 24.3 Å². The fourth-order valence-electron chi connectivity index (χ4n) is 1.95. The molecule has 0 saturated heterocycles. The van der Waals surface area contributed by atoms with Crippen LogP contribution in [0, 0.1) is 20.2 Å². The molecule has 1 aromatic heterocycles. The second-order valence-corrected chi connectivity index (χ2v) is 5.15. The van der Waals surface area contributed by atoms with Crippen molar-refractivity contribution >= 4 is 16.6 Å². The predicted octanol–water partition coefficient (Wildman–Crippen LogP) is 2.74. The monoisotopic (exact) mass is 275 g/mol. The summed E-state index contributed by atoms with van der Waals surface area (Å²) in [6, 6.07) is 7.80. The van der Waals surface area contributed by atoms with E-state index in [9.17, 15) is 20.2 Å². The van der Waals surface area contributed by atoms with Gasteiger partial charge in [-0.25, -0.2) is 0 Å². The topological polar surface area (TPSA) is 99.2 Å². The number of hydrogen-bond acceptors (Lipinski definition) is 5. The first-order valence-corrected chi connectivity index (χ1v) is 5.99. The van der Waals surface area contributed by atoms with Gasteiger partial charge in [0.05, 0.1) is 22.2 Å². The summed E-state index contributed by atoms with van der Waals surface area (Å²) in [5.41, 5.74) is -0.132. The third-order valence-electron chi connectivity index (χ3n) is 3.07. The maximum Gasteiger partial charge on any atom is 0.278 e. The summed E-state index contributed by atoms with van der Waals surface area (Å²) in [7, 11) is 0. The van der Waals surface area contributed by atoms with Crippen LogP contribution in [-0.4, -0.2) is 20.4 Å². The first kappa shape index (κ1) is 13.9. The average Bonchev–Trinajstić information content (AvgIpc) is 2.36. The van der Waals surface area contributed by atoms with Crippen LogP contribution in [0.2, 0.25) is 0 Å². The van der Waals surface area contributed by atoms with Crippen molar-refractivity contribution in [1.29, 1.82) is 0 Å². The second-order valence-electron chi connectivity index (χ2n) is 5.15. The van der Waals surface area contributed by atoms with Crippen LogP contribution in [0.5, 0.6) is 0 Å². The molecule has 104 valence electrons. The predicted molar refractivity (Wildman–Crippen MR) is 73.2 cm³/mol. The number of rotatable bonds is 4. The van der Waals surface area contributed by atoms with Crippen molar-refractivity contribution in [2.45, 2.75) is 25.8 Å². The van der Waals surface area contributed by atoms with Crippen LogP contribution >= 0.6 is 0 Å². The van der Waals surface area contributed by atoms with Gasteiger partial charge < -0.3 is 0 Å². The molecule has 0 radical (unpaired) electrons. The van der Waals surface area contributed by atoms with Crippen molar-refractivity contribution in [3.05, 3.63) is 56.3 Å². The van der Waals surface area contributed by atoms with Gasteiger partial charge in [0.15, 0.2) is 0 Å². The van der Waals surface area contributed by atoms with Crippen LogP contribution < -0.4 is 0 Å².